The Morgan fingerprint density at radius 1 is 1.29 bits per heavy atom. The SMILES string of the molecule is CC1CCCCC1N(C)C(=O)C1CNc2ccccc2O1. The molecular weight excluding hydrogens is 264 g/mol. The molecule has 3 rings (SSSR count). The zero-order chi connectivity index (χ0) is 14.8. The van der Waals surface area contributed by atoms with Crippen LogP contribution in [-0.2, 0) is 4.79 Å². The second kappa shape index (κ2) is 5.96. The van der Waals surface area contributed by atoms with Crippen molar-refractivity contribution in [3.05, 3.63) is 24.3 Å². The van der Waals surface area contributed by atoms with Gasteiger partial charge in [0.1, 0.15) is 5.75 Å². The second-order valence-corrected chi connectivity index (χ2v) is 6.26. The van der Waals surface area contributed by atoms with Gasteiger partial charge in [0.25, 0.3) is 5.91 Å². The normalized spacial score (nSPS) is 28.0. The van der Waals surface area contributed by atoms with Crippen molar-refractivity contribution < 1.29 is 9.53 Å². The Labute approximate surface area is 126 Å². The minimum absolute atomic E-state index is 0.0933. The number of carbonyl (C=O) groups excluding carboxylic acids is 1. The molecule has 3 atom stereocenters. The second-order valence-electron chi connectivity index (χ2n) is 6.26. The number of nitrogens with zero attached hydrogens (tertiary/aromatic N) is 1. The molecule has 1 amide bonds. The molecule has 2 aliphatic rings. The molecule has 21 heavy (non-hydrogen) atoms. The van der Waals surface area contributed by atoms with Crippen molar-refractivity contribution in [2.24, 2.45) is 5.92 Å². The summed E-state index contributed by atoms with van der Waals surface area (Å²) in [5, 5.41) is 3.29. The molecular formula is C17H24N2O2. The summed E-state index contributed by atoms with van der Waals surface area (Å²) < 4.78 is 5.89. The van der Waals surface area contributed by atoms with Crippen LogP contribution < -0.4 is 10.1 Å². The lowest BCUT2D eigenvalue weighted by atomic mass is 9.85. The highest BCUT2D eigenvalue weighted by molar-refractivity contribution is 5.83. The van der Waals surface area contributed by atoms with Gasteiger partial charge >= 0.3 is 0 Å². The van der Waals surface area contributed by atoms with Crippen LogP contribution in [0.5, 0.6) is 5.75 Å². The highest BCUT2D eigenvalue weighted by atomic mass is 16.5. The van der Waals surface area contributed by atoms with Gasteiger partial charge in [0.05, 0.1) is 12.2 Å². The summed E-state index contributed by atoms with van der Waals surface area (Å²) in [6.45, 7) is 2.80. The Kier molecular flexibility index (Phi) is 4.04. The Balaban J connectivity index is 1.68. The van der Waals surface area contributed by atoms with Crippen molar-refractivity contribution in [1.82, 2.24) is 4.90 Å². The molecule has 4 heteroatoms. The van der Waals surface area contributed by atoms with Gasteiger partial charge in [-0.1, -0.05) is 31.9 Å². The van der Waals surface area contributed by atoms with Crippen LogP contribution >= 0.6 is 0 Å². The van der Waals surface area contributed by atoms with Crippen LogP contribution in [0.1, 0.15) is 32.6 Å². The first-order valence-electron chi connectivity index (χ1n) is 7.93. The van der Waals surface area contributed by atoms with Crippen molar-refractivity contribution >= 4 is 11.6 Å². The zero-order valence-corrected chi connectivity index (χ0v) is 12.8. The topological polar surface area (TPSA) is 41.6 Å². The van der Waals surface area contributed by atoms with E-state index in [9.17, 15) is 4.79 Å². The maximum atomic E-state index is 12.7. The van der Waals surface area contributed by atoms with E-state index in [4.69, 9.17) is 4.74 Å². The van der Waals surface area contributed by atoms with Gasteiger partial charge in [0, 0.05) is 13.1 Å². The van der Waals surface area contributed by atoms with Gasteiger partial charge in [-0.2, -0.15) is 0 Å². The molecule has 114 valence electrons. The lowest BCUT2D eigenvalue weighted by molar-refractivity contribution is -0.140. The van der Waals surface area contributed by atoms with E-state index < -0.39 is 6.10 Å². The van der Waals surface area contributed by atoms with E-state index in [1.807, 2.05) is 36.2 Å². The van der Waals surface area contributed by atoms with Gasteiger partial charge in [-0.15, -0.1) is 0 Å². The summed E-state index contributed by atoms with van der Waals surface area (Å²) in [5.74, 6) is 1.44. The number of nitrogens with one attached hydrogen (secondary N) is 1. The number of amides is 1. The molecule has 0 saturated heterocycles. The third-order valence-corrected chi connectivity index (χ3v) is 4.82. The number of ether oxygens (including phenoxy) is 1. The first-order valence-corrected chi connectivity index (χ1v) is 7.93. The zero-order valence-electron chi connectivity index (χ0n) is 12.8. The molecule has 0 aromatic heterocycles. The van der Waals surface area contributed by atoms with Crippen molar-refractivity contribution in [1.29, 1.82) is 0 Å². The van der Waals surface area contributed by atoms with Crippen LogP contribution in [0.2, 0.25) is 0 Å². The van der Waals surface area contributed by atoms with Crippen LogP contribution in [0.15, 0.2) is 24.3 Å². The number of fused-ring (bicyclic) bond motifs is 1. The number of hydrogen-bond donors (Lipinski definition) is 1. The monoisotopic (exact) mass is 288 g/mol. The van der Waals surface area contributed by atoms with Gasteiger partial charge in [-0.25, -0.2) is 0 Å². The molecule has 0 radical (unpaired) electrons. The molecule has 1 aromatic carbocycles. The summed E-state index contributed by atoms with van der Waals surface area (Å²) in [5.41, 5.74) is 0.968. The van der Waals surface area contributed by atoms with Crippen molar-refractivity contribution in [3.8, 4) is 5.75 Å². The molecule has 1 aliphatic heterocycles. The number of benzene rings is 1. The quantitative estimate of drug-likeness (QED) is 0.910. The third-order valence-electron chi connectivity index (χ3n) is 4.82. The molecule has 3 unspecified atom stereocenters. The van der Waals surface area contributed by atoms with Crippen molar-refractivity contribution in [3.63, 3.8) is 0 Å². The average Bonchev–Trinajstić information content (AvgIpc) is 2.53. The van der Waals surface area contributed by atoms with Gasteiger partial charge in [0.2, 0.25) is 0 Å². The fourth-order valence-corrected chi connectivity index (χ4v) is 3.51. The van der Waals surface area contributed by atoms with E-state index in [1.54, 1.807) is 0 Å². The Morgan fingerprint density at radius 3 is 2.86 bits per heavy atom. The third kappa shape index (κ3) is 2.85. The summed E-state index contributed by atoms with van der Waals surface area (Å²) in [6, 6.07) is 8.13. The van der Waals surface area contributed by atoms with Gasteiger partial charge in [-0.3, -0.25) is 4.79 Å². The summed E-state index contributed by atoms with van der Waals surface area (Å²) in [6.07, 6.45) is 4.42. The van der Waals surface area contributed by atoms with Gasteiger partial charge < -0.3 is 15.0 Å². The van der Waals surface area contributed by atoms with Gasteiger partial charge in [-0.05, 0) is 30.9 Å². The number of rotatable bonds is 2. The summed E-state index contributed by atoms with van der Waals surface area (Å²) >= 11 is 0. The minimum atomic E-state index is -0.418. The Hall–Kier alpha value is -1.71. The standard InChI is InChI=1S/C17H24N2O2/c1-12-7-3-5-9-14(12)19(2)17(20)16-11-18-13-8-4-6-10-15(13)21-16/h4,6,8,10,12,14,16,18H,3,5,7,9,11H2,1-2H3. The van der Waals surface area contributed by atoms with Crippen LogP contribution in [-0.4, -0.2) is 36.5 Å². The molecule has 1 heterocycles. The van der Waals surface area contributed by atoms with Crippen molar-refractivity contribution in [2.45, 2.75) is 44.8 Å². The number of hydrogen-bond acceptors (Lipinski definition) is 3. The number of para-hydroxylation sites is 2. The molecule has 0 spiro atoms. The summed E-state index contributed by atoms with van der Waals surface area (Å²) in [4.78, 5) is 14.6. The summed E-state index contributed by atoms with van der Waals surface area (Å²) in [7, 11) is 1.93. The molecule has 4 nitrogen and oxygen atoms in total. The fraction of sp³-hybridized carbons (Fsp3) is 0.588. The maximum Gasteiger partial charge on any atom is 0.265 e. The number of anilines is 1. The van der Waals surface area contributed by atoms with E-state index in [2.05, 4.69) is 12.2 Å². The molecule has 1 N–H and O–H groups in total. The smallest absolute Gasteiger partial charge is 0.265 e. The predicted octanol–water partition coefficient (Wildman–Crippen LogP) is 2.90. The Bertz CT molecular complexity index is 517. The molecule has 1 saturated carbocycles. The van der Waals surface area contributed by atoms with E-state index in [0.717, 1.165) is 17.9 Å². The largest absolute Gasteiger partial charge is 0.477 e. The average molecular weight is 288 g/mol. The molecule has 1 aromatic rings. The van der Waals surface area contributed by atoms with Crippen LogP contribution in [0, 0.1) is 5.92 Å². The lowest BCUT2D eigenvalue weighted by Crippen LogP contribution is -2.51. The van der Waals surface area contributed by atoms with E-state index in [1.165, 1.54) is 19.3 Å². The van der Waals surface area contributed by atoms with E-state index in [0.29, 0.717) is 18.5 Å². The molecule has 1 aliphatic carbocycles. The Morgan fingerprint density at radius 2 is 2.05 bits per heavy atom. The van der Waals surface area contributed by atoms with E-state index in [-0.39, 0.29) is 5.91 Å². The first kappa shape index (κ1) is 14.2. The molecule has 1 fully saturated rings. The highest BCUT2D eigenvalue weighted by Gasteiger charge is 2.34. The van der Waals surface area contributed by atoms with Crippen molar-refractivity contribution in [2.75, 3.05) is 18.9 Å². The fourth-order valence-electron chi connectivity index (χ4n) is 3.51. The first-order chi connectivity index (χ1) is 10.2. The minimum Gasteiger partial charge on any atom is -0.477 e. The maximum absolute atomic E-state index is 12.7. The number of likely N-dealkylation sites (N-methyl/N-ethyl adjacent to an activating group) is 1. The molecule has 0 bridgehead atoms. The van der Waals surface area contributed by atoms with Crippen LogP contribution in [0.25, 0.3) is 0 Å². The van der Waals surface area contributed by atoms with Crippen LogP contribution in [0.4, 0.5) is 5.69 Å². The lowest BCUT2D eigenvalue weighted by Gasteiger charge is -2.38. The number of carbonyl (C=O) groups is 1. The van der Waals surface area contributed by atoms with Crippen LogP contribution in [0.3, 0.4) is 0 Å². The predicted molar refractivity (Wildman–Crippen MR) is 83.5 cm³/mol. The highest BCUT2D eigenvalue weighted by Crippen LogP contribution is 2.31. The van der Waals surface area contributed by atoms with E-state index >= 15 is 0 Å². The van der Waals surface area contributed by atoms with Gasteiger partial charge in [0.15, 0.2) is 6.10 Å².